The van der Waals surface area contributed by atoms with Gasteiger partial charge in [0.05, 0.1) is 0 Å². The van der Waals surface area contributed by atoms with Crippen molar-refractivity contribution in [3.8, 4) is 0 Å². The Labute approximate surface area is 121 Å². The maximum absolute atomic E-state index is 11.3. The molecule has 0 saturated heterocycles. The van der Waals surface area contributed by atoms with E-state index in [1.54, 1.807) is 0 Å². The van der Waals surface area contributed by atoms with Crippen molar-refractivity contribution in [2.75, 3.05) is 13.1 Å². The molecule has 18 heavy (non-hydrogen) atoms. The lowest BCUT2D eigenvalue weighted by Crippen LogP contribution is -2.28. The van der Waals surface area contributed by atoms with Crippen LogP contribution in [0.25, 0.3) is 0 Å². The SMILES string of the molecule is CCNC(=O)CCNC(C)c1ccc(Br)cc1Cl. The summed E-state index contributed by atoms with van der Waals surface area (Å²) in [5, 5.41) is 6.78. The van der Waals surface area contributed by atoms with Gasteiger partial charge in [-0.15, -0.1) is 0 Å². The highest BCUT2D eigenvalue weighted by Gasteiger charge is 2.09. The van der Waals surface area contributed by atoms with Crippen molar-refractivity contribution in [1.82, 2.24) is 10.6 Å². The van der Waals surface area contributed by atoms with Gasteiger partial charge in [-0.05, 0) is 31.5 Å². The van der Waals surface area contributed by atoms with E-state index in [4.69, 9.17) is 11.6 Å². The second-order valence-corrected chi connectivity index (χ2v) is 5.37. The Kier molecular flexibility index (Phi) is 6.68. The summed E-state index contributed by atoms with van der Waals surface area (Å²) in [5.74, 6) is 0.0686. The summed E-state index contributed by atoms with van der Waals surface area (Å²) in [5.41, 5.74) is 1.04. The summed E-state index contributed by atoms with van der Waals surface area (Å²) in [4.78, 5) is 11.3. The molecule has 3 nitrogen and oxygen atoms in total. The zero-order chi connectivity index (χ0) is 13.5. The molecule has 1 unspecified atom stereocenters. The van der Waals surface area contributed by atoms with Crippen LogP contribution in [0.15, 0.2) is 22.7 Å². The summed E-state index contributed by atoms with van der Waals surface area (Å²) in [6, 6.07) is 5.94. The lowest BCUT2D eigenvalue weighted by Gasteiger charge is -2.15. The van der Waals surface area contributed by atoms with Gasteiger partial charge in [0.25, 0.3) is 0 Å². The molecule has 0 bridgehead atoms. The molecule has 5 heteroatoms. The number of rotatable bonds is 6. The largest absolute Gasteiger partial charge is 0.356 e. The minimum atomic E-state index is 0.0686. The summed E-state index contributed by atoms with van der Waals surface area (Å²) in [6.45, 7) is 5.26. The van der Waals surface area contributed by atoms with Gasteiger partial charge in [0, 0.05) is 35.0 Å². The molecule has 0 aliphatic heterocycles. The molecule has 1 rings (SSSR count). The van der Waals surface area contributed by atoms with E-state index in [9.17, 15) is 4.79 Å². The summed E-state index contributed by atoms with van der Waals surface area (Å²) in [6.07, 6.45) is 0.478. The first-order valence-electron chi connectivity index (χ1n) is 5.99. The molecule has 0 spiro atoms. The highest BCUT2D eigenvalue weighted by atomic mass is 79.9. The monoisotopic (exact) mass is 332 g/mol. The van der Waals surface area contributed by atoms with E-state index in [0.717, 1.165) is 15.1 Å². The van der Waals surface area contributed by atoms with Crippen LogP contribution in [-0.2, 0) is 4.79 Å². The number of amides is 1. The number of nitrogens with one attached hydrogen (secondary N) is 2. The van der Waals surface area contributed by atoms with Crippen LogP contribution in [0.4, 0.5) is 0 Å². The standard InChI is InChI=1S/C13H18BrClN2O/c1-3-16-13(18)6-7-17-9(2)11-5-4-10(14)8-12(11)15/h4-5,8-9,17H,3,6-7H2,1-2H3,(H,16,18). The Bertz CT molecular complexity index is 412. The van der Waals surface area contributed by atoms with Crippen molar-refractivity contribution in [2.45, 2.75) is 26.3 Å². The van der Waals surface area contributed by atoms with E-state index in [2.05, 4.69) is 26.6 Å². The van der Waals surface area contributed by atoms with E-state index in [-0.39, 0.29) is 11.9 Å². The van der Waals surface area contributed by atoms with Crippen LogP contribution >= 0.6 is 27.5 Å². The summed E-state index contributed by atoms with van der Waals surface area (Å²) < 4.78 is 0.964. The van der Waals surface area contributed by atoms with Gasteiger partial charge in [-0.25, -0.2) is 0 Å². The number of carbonyl (C=O) groups is 1. The van der Waals surface area contributed by atoms with Crippen LogP contribution in [0.2, 0.25) is 5.02 Å². The fourth-order valence-electron chi connectivity index (χ4n) is 1.65. The van der Waals surface area contributed by atoms with Crippen LogP contribution in [0.1, 0.15) is 31.9 Å². The molecule has 1 amide bonds. The van der Waals surface area contributed by atoms with Crippen LogP contribution in [0.5, 0.6) is 0 Å². The highest BCUT2D eigenvalue weighted by molar-refractivity contribution is 9.10. The minimum Gasteiger partial charge on any atom is -0.356 e. The Morgan fingerprint density at radius 2 is 2.22 bits per heavy atom. The minimum absolute atomic E-state index is 0.0686. The van der Waals surface area contributed by atoms with E-state index in [1.165, 1.54) is 0 Å². The van der Waals surface area contributed by atoms with Gasteiger partial charge in [-0.1, -0.05) is 33.6 Å². The molecule has 100 valence electrons. The molecular formula is C13H18BrClN2O. The predicted octanol–water partition coefficient (Wildman–Crippen LogP) is 3.28. The van der Waals surface area contributed by atoms with Crippen LogP contribution in [0.3, 0.4) is 0 Å². The van der Waals surface area contributed by atoms with Crippen molar-refractivity contribution in [3.63, 3.8) is 0 Å². The molecule has 2 N–H and O–H groups in total. The van der Waals surface area contributed by atoms with Crippen LogP contribution in [-0.4, -0.2) is 19.0 Å². The molecule has 0 aromatic heterocycles. The number of hydrogen-bond acceptors (Lipinski definition) is 2. The number of halogens is 2. The van der Waals surface area contributed by atoms with Crippen LogP contribution < -0.4 is 10.6 Å². The number of carbonyl (C=O) groups excluding carboxylic acids is 1. The van der Waals surface area contributed by atoms with Gasteiger partial charge in [-0.3, -0.25) is 4.79 Å². The first-order valence-corrected chi connectivity index (χ1v) is 7.16. The molecule has 0 fully saturated rings. The van der Waals surface area contributed by atoms with Gasteiger partial charge in [0.15, 0.2) is 0 Å². The lowest BCUT2D eigenvalue weighted by molar-refractivity contribution is -0.120. The molecular weight excluding hydrogens is 316 g/mol. The molecule has 0 aliphatic carbocycles. The zero-order valence-electron chi connectivity index (χ0n) is 10.6. The van der Waals surface area contributed by atoms with E-state index >= 15 is 0 Å². The third-order valence-corrected chi connectivity index (χ3v) is 3.43. The van der Waals surface area contributed by atoms with Gasteiger partial charge < -0.3 is 10.6 Å². The Morgan fingerprint density at radius 3 is 2.83 bits per heavy atom. The zero-order valence-corrected chi connectivity index (χ0v) is 12.9. The second-order valence-electron chi connectivity index (χ2n) is 4.05. The van der Waals surface area contributed by atoms with Crippen molar-refractivity contribution in [3.05, 3.63) is 33.3 Å². The highest BCUT2D eigenvalue weighted by Crippen LogP contribution is 2.26. The third kappa shape index (κ3) is 4.96. The van der Waals surface area contributed by atoms with Gasteiger partial charge >= 0.3 is 0 Å². The summed E-state index contributed by atoms with van der Waals surface area (Å²) >= 11 is 9.54. The Morgan fingerprint density at radius 1 is 1.50 bits per heavy atom. The Hall–Kier alpha value is -0.580. The molecule has 0 saturated carbocycles. The molecule has 1 aromatic carbocycles. The first-order chi connectivity index (χ1) is 8.54. The number of benzene rings is 1. The average molecular weight is 334 g/mol. The number of hydrogen-bond donors (Lipinski definition) is 2. The van der Waals surface area contributed by atoms with E-state index < -0.39 is 0 Å². The molecule has 1 aromatic rings. The maximum Gasteiger partial charge on any atom is 0.221 e. The second kappa shape index (κ2) is 7.77. The summed E-state index contributed by atoms with van der Waals surface area (Å²) in [7, 11) is 0. The van der Waals surface area contributed by atoms with E-state index in [0.29, 0.717) is 19.5 Å². The molecule has 0 heterocycles. The Balaban J connectivity index is 2.45. The van der Waals surface area contributed by atoms with Gasteiger partial charge in [0.2, 0.25) is 5.91 Å². The van der Waals surface area contributed by atoms with Gasteiger partial charge in [0.1, 0.15) is 0 Å². The van der Waals surface area contributed by atoms with Gasteiger partial charge in [-0.2, -0.15) is 0 Å². The predicted molar refractivity (Wildman–Crippen MR) is 78.9 cm³/mol. The molecule has 0 radical (unpaired) electrons. The third-order valence-electron chi connectivity index (χ3n) is 2.61. The van der Waals surface area contributed by atoms with Crippen molar-refractivity contribution < 1.29 is 4.79 Å². The topological polar surface area (TPSA) is 41.1 Å². The van der Waals surface area contributed by atoms with E-state index in [1.807, 2.05) is 32.0 Å². The van der Waals surface area contributed by atoms with Crippen molar-refractivity contribution >= 4 is 33.4 Å². The fraction of sp³-hybridized carbons (Fsp3) is 0.462. The lowest BCUT2D eigenvalue weighted by atomic mass is 10.1. The quantitative estimate of drug-likeness (QED) is 0.839. The maximum atomic E-state index is 11.3. The first kappa shape index (κ1) is 15.5. The van der Waals surface area contributed by atoms with Crippen molar-refractivity contribution in [1.29, 1.82) is 0 Å². The van der Waals surface area contributed by atoms with Crippen molar-refractivity contribution in [2.24, 2.45) is 0 Å². The van der Waals surface area contributed by atoms with Crippen LogP contribution in [0, 0.1) is 0 Å². The normalized spacial score (nSPS) is 12.2. The molecule has 1 atom stereocenters. The molecule has 0 aliphatic rings. The fourth-order valence-corrected chi connectivity index (χ4v) is 2.49. The smallest absolute Gasteiger partial charge is 0.221 e. The average Bonchev–Trinajstić information content (AvgIpc) is 2.29.